The first kappa shape index (κ1) is 26.6. The molecule has 0 bridgehead atoms. The number of allylic oxidation sites excluding steroid dienone is 1. The number of hydrogen-bond acceptors (Lipinski definition) is 4. The van der Waals surface area contributed by atoms with E-state index in [4.69, 9.17) is 0 Å². The zero-order valence-corrected chi connectivity index (χ0v) is 19.1. The van der Waals surface area contributed by atoms with Crippen LogP contribution in [-0.4, -0.2) is 31.0 Å². The average molecular weight is 403 g/mol. The maximum atomic E-state index is 14.0. The summed E-state index contributed by atoms with van der Waals surface area (Å²) in [7, 11) is 0. The highest BCUT2D eigenvalue weighted by Gasteiger charge is 2.30. The van der Waals surface area contributed by atoms with Crippen LogP contribution in [0.1, 0.15) is 70.2 Å². The van der Waals surface area contributed by atoms with E-state index in [1.165, 1.54) is 5.56 Å². The van der Waals surface area contributed by atoms with Crippen molar-refractivity contribution in [1.82, 2.24) is 10.2 Å². The third-order valence-electron chi connectivity index (χ3n) is 4.40. The molecule has 1 N–H and O–H groups in total. The molecule has 1 heterocycles. The van der Waals surface area contributed by atoms with E-state index >= 15 is 0 Å². The Labute approximate surface area is 177 Å². The average Bonchev–Trinajstić information content (AvgIpc) is 3.10. The van der Waals surface area contributed by atoms with Crippen LogP contribution >= 0.6 is 0 Å². The zero-order chi connectivity index (χ0) is 22.2. The van der Waals surface area contributed by atoms with Crippen LogP contribution in [0.25, 0.3) is 0 Å². The Morgan fingerprint density at radius 3 is 2.59 bits per heavy atom. The third kappa shape index (κ3) is 7.84. The number of nitrogens with zero attached hydrogens (tertiary/aromatic N) is 3. The maximum Gasteiger partial charge on any atom is 0.126 e. The minimum absolute atomic E-state index is 0.135. The number of halogens is 1. The highest BCUT2D eigenvalue weighted by molar-refractivity contribution is 5.57. The second-order valence-electron chi connectivity index (χ2n) is 6.09. The van der Waals surface area contributed by atoms with E-state index in [1.54, 1.807) is 6.07 Å². The molecule has 0 spiro atoms. The largest absolute Gasteiger partial charge is 0.371 e. The molecule has 0 fully saturated rings. The summed E-state index contributed by atoms with van der Waals surface area (Å²) in [5.74, 6) is -0.135. The molecular weight excluding hydrogens is 363 g/mol. The van der Waals surface area contributed by atoms with Crippen molar-refractivity contribution in [2.24, 2.45) is 9.98 Å². The smallest absolute Gasteiger partial charge is 0.126 e. The quantitative estimate of drug-likeness (QED) is 0.304. The van der Waals surface area contributed by atoms with Gasteiger partial charge in [-0.05, 0) is 48.9 Å². The van der Waals surface area contributed by atoms with E-state index in [-0.39, 0.29) is 11.9 Å². The van der Waals surface area contributed by atoms with Crippen molar-refractivity contribution in [2.45, 2.75) is 67.0 Å². The second-order valence-corrected chi connectivity index (χ2v) is 6.09. The Hall–Kier alpha value is -2.43. The third-order valence-corrected chi connectivity index (χ3v) is 4.40. The molecule has 2 rings (SSSR count). The van der Waals surface area contributed by atoms with Crippen molar-refractivity contribution in [2.75, 3.05) is 13.2 Å². The molecule has 4 nitrogen and oxygen atoms in total. The molecule has 1 aromatic carbocycles. The number of fused-ring (bicyclic) bond motifs is 1. The minimum atomic E-state index is -0.135. The van der Waals surface area contributed by atoms with Gasteiger partial charge in [-0.15, -0.1) is 0 Å². The van der Waals surface area contributed by atoms with Crippen LogP contribution in [-0.2, 0) is 6.54 Å². The Morgan fingerprint density at radius 1 is 1.31 bits per heavy atom. The van der Waals surface area contributed by atoms with E-state index in [1.807, 2.05) is 59.2 Å². The minimum Gasteiger partial charge on any atom is -0.371 e. The predicted octanol–water partition coefficient (Wildman–Crippen LogP) is 6.19. The number of rotatable bonds is 9. The number of aryl methyl sites for hydroxylation is 1. The fraction of sp³-hybridized carbons (Fsp3) is 0.500. The summed E-state index contributed by atoms with van der Waals surface area (Å²) in [6.45, 7) is 21.3. The van der Waals surface area contributed by atoms with Crippen molar-refractivity contribution in [3.63, 3.8) is 0 Å². The molecule has 1 aromatic rings. The Balaban J connectivity index is 0.00000184. The van der Waals surface area contributed by atoms with Crippen LogP contribution in [0.2, 0.25) is 0 Å². The second kappa shape index (κ2) is 15.5. The van der Waals surface area contributed by atoms with Gasteiger partial charge >= 0.3 is 0 Å². The molecule has 1 unspecified atom stereocenters. The lowest BCUT2D eigenvalue weighted by atomic mass is 10.0. The summed E-state index contributed by atoms with van der Waals surface area (Å²) < 4.78 is 14.0. The highest BCUT2D eigenvalue weighted by atomic mass is 19.1. The molecule has 1 atom stereocenters. The predicted molar refractivity (Wildman–Crippen MR) is 126 cm³/mol. The highest BCUT2D eigenvalue weighted by Crippen LogP contribution is 2.39. The van der Waals surface area contributed by atoms with Crippen molar-refractivity contribution >= 4 is 12.9 Å². The number of aliphatic imine (C=N–C) groups is 2. The van der Waals surface area contributed by atoms with Gasteiger partial charge in [0.15, 0.2) is 0 Å². The molecule has 0 aliphatic carbocycles. The lowest BCUT2D eigenvalue weighted by molar-refractivity contribution is 0.279. The van der Waals surface area contributed by atoms with Crippen molar-refractivity contribution in [1.29, 1.82) is 0 Å². The lowest BCUT2D eigenvalue weighted by Gasteiger charge is -2.27. The summed E-state index contributed by atoms with van der Waals surface area (Å²) in [5, 5.41) is 3.19. The maximum absolute atomic E-state index is 14.0. The van der Waals surface area contributed by atoms with E-state index in [0.29, 0.717) is 18.8 Å². The van der Waals surface area contributed by atoms with Crippen LogP contribution in [0.5, 0.6) is 0 Å². The van der Waals surface area contributed by atoms with Crippen LogP contribution in [0.15, 0.2) is 46.7 Å². The fourth-order valence-electron chi connectivity index (χ4n) is 3.14. The number of nitrogens with one attached hydrogen (secondary N) is 1. The van der Waals surface area contributed by atoms with Crippen molar-refractivity contribution in [3.05, 3.63) is 59.2 Å². The van der Waals surface area contributed by atoms with E-state index in [9.17, 15) is 4.39 Å². The number of benzene rings is 1. The molecule has 0 saturated carbocycles. The van der Waals surface area contributed by atoms with Gasteiger partial charge < -0.3 is 15.2 Å². The number of hydrogen-bond donors (Lipinski definition) is 1. The van der Waals surface area contributed by atoms with Gasteiger partial charge in [-0.3, -0.25) is 4.99 Å². The summed E-state index contributed by atoms with van der Waals surface area (Å²) in [5.41, 5.74) is 3.95. The van der Waals surface area contributed by atoms with Gasteiger partial charge in [0.1, 0.15) is 12.5 Å². The summed E-state index contributed by atoms with van der Waals surface area (Å²) in [4.78, 5) is 10.3. The van der Waals surface area contributed by atoms with Gasteiger partial charge in [0.05, 0.1) is 11.7 Å². The van der Waals surface area contributed by atoms with E-state index in [0.717, 1.165) is 30.6 Å². The van der Waals surface area contributed by atoms with Gasteiger partial charge in [-0.25, -0.2) is 4.39 Å². The SMILES string of the molecule is C=C/C(=C\NC/N=C\CCN=C)N1Cc2cc(C)c(F)cc2C1CC.CC.CC. The van der Waals surface area contributed by atoms with Crippen molar-refractivity contribution < 1.29 is 4.39 Å². The van der Waals surface area contributed by atoms with Gasteiger partial charge in [0.2, 0.25) is 0 Å². The van der Waals surface area contributed by atoms with Crippen molar-refractivity contribution in [3.8, 4) is 0 Å². The van der Waals surface area contributed by atoms with Crippen LogP contribution in [0.3, 0.4) is 0 Å². The lowest BCUT2D eigenvalue weighted by Crippen LogP contribution is -2.22. The monoisotopic (exact) mass is 402 g/mol. The molecule has 162 valence electrons. The molecule has 0 amide bonds. The summed E-state index contributed by atoms with van der Waals surface area (Å²) in [6, 6.07) is 3.81. The molecule has 5 heteroatoms. The van der Waals surface area contributed by atoms with E-state index in [2.05, 4.69) is 40.4 Å². The first-order valence-electron chi connectivity index (χ1n) is 10.6. The van der Waals surface area contributed by atoms with Gasteiger partial charge in [0, 0.05) is 31.9 Å². The molecule has 29 heavy (non-hydrogen) atoms. The standard InChI is InChI=1S/C20H27FN4.2C2H6/c1-5-17(12-24-14-23-9-7-8-22-4)25-13-16-10-15(3)19(21)11-18(16)20(25)6-2;2*1-2/h5,9-12,20,24H,1,4,6-8,13-14H2,2-3H3;2*1-2H3/b17-12+,23-9-;;. The van der Waals surface area contributed by atoms with Gasteiger partial charge in [-0.2, -0.15) is 0 Å². The van der Waals surface area contributed by atoms with Crippen LogP contribution in [0.4, 0.5) is 4.39 Å². The van der Waals surface area contributed by atoms with Gasteiger partial charge in [-0.1, -0.05) is 47.3 Å². The Kier molecular flexibility index (Phi) is 14.2. The van der Waals surface area contributed by atoms with Gasteiger partial charge in [0.25, 0.3) is 0 Å². The van der Waals surface area contributed by atoms with Crippen LogP contribution in [0, 0.1) is 12.7 Å². The molecule has 1 aliphatic heterocycles. The molecular formula is C24H39FN4. The molecule has 0 aromatic heterocycles. The summed E-state index contributed by atoms with van der Waals surface area (Å²) >= 11 is 0. The topological polar surface area (TPSA) is 40.0 Å². The molecule has 0 saturated heterocycles. The first-order valence-corrected chi connectivity index (χ1v) is 10.6. The Morgan fingerprint density at radius 2 is 2.00 bits per heavy atom. The van der Waals surface area contributed by atoms with E-state index < -0.39 is 0 Å². The fourth-order valence-corrected chi connectivity index (χ4v) is 3.14. The normalized spacial score (nSPS) is 15.1. The molecule has 1 aliphatic rings. The Bertz CT molecular complexity index is 680. The van der Waals surface area contributed by atoms with Crippen LogP contribution < -0.4 is 5.32 Å². The summed E-state index contributed by atoms with van der Waals surface area (Å²) in [6.07, 6.45) is 7.31. The zero-order valence-electron chi connectivity index (χ0n) is 19.1. The first-order chi connectivity index (χ1) is 14.1. The molecule has 0 radical (unpaired) electrons.